The van der Waals surface area contributed by atoms with E-state index in [2.05, 4.69) is 48.4 Å². The van der Waals surface area contributed by atoms with Crippen molar-refractivity contribution in [3.05, 3.63) is 0 Å². The topological polar surface area (TPSA) is 106 Å². The minimum Gasteiger partial charge on any atom is -0.469 e. The molecule has 2 aliphatic rings. The third-order valence-corrected chi connectivity index (χ3v) is 11.0. The van der Waals surface area contributed by atoms with Gasteiger partial charge in [-0.3, -0.25) is 14.4 Å². The van der Waals surface area contributed by atoms with Crippen LogP contribution in [-0.2, 0) is 28.6 Å². The molecule has 38 heavy (non-hydrogen) atoms. The summed E-state index contributed by atoms with van der Waals surface area (Å²) in [6.07, 6.45) is 1.21. The largest absolute Gasteiger partial charge is 0.469 e. The molecule has 0 aliphatic carbocycles. The van der Waals surface area contributed by atoms with Crippen LogP contribution in [0.15, 0.2) is 0 Å². The first-order valence-electron chi connectivity index (χ1n) is 13.7. The summed E-state index contributed by atoms with van der Waals surface area (Å²) in [6.45, 7) is 26.0. The van der Waals surface area contributed by atoms with Gasteiger partial charge in [0.15, 0.2) is 0 Å². The molecule has 0 aromatic carbocycles. The number of carbonyl (C=O) groups is 3. The van der Waals surface area contributed by atoms with Gasteiger partial charge in [-0.2, -0.15) is 0 Å². The fraction of sp³-hybridized carbons (Fsp3) is 0.889. The Morgan fingerprint density at radius 3 is 1.47 bits per heavy atom. The van der Waals surface area contributed by atoms with Gasteiger partial charge in [-0.05, 0) is 66.8 Å². The van der Waals surface area contributed by atoms with Gasteiger partial charge in [-0.1, -0.05) is 39.3 Å². The Bertz CT molecular complexity index is 825. The first-order chi connectivity index (χ1) is 17.0. The molecule has 0 unspecified atom stereocenters. The molecule has 0 spiro atoms. The van der Waals surface area contributed by atoms with Crippen molar-refractivity contribution in [2.75, 3.05) is 26.8 Å². The van der Waals surface area contributed by atoms with E-state index in [1.54, 1.807) is 0 Å². The maximum absolute atomic E-state index is 12.4. The van der Waals surface area contributed by atoms with E-state index in [9.17, 15) is 19.5 Å². The maximum Gasteiger partial charge on any atom is 0.323 e. The molecule has 0 saturated carbocycles. The van der Waals surface area contributed by atoms with Crippen LogP contribution in [0.25, 0.3) is 0 Å². The van der Waals surface area contributed by atoms with Crippen molar-refractivity contribution in [1.82, 2.24) is 9.13 Å². The van der Waals surface area contributed by atoms with Gasteiger partial charge in [-0.15, -0.1) is 0 Å². The third kappa shape index (κ3) is 10.7. The maximum atomic E-state index is 12.4. The first kappa shape index (κ1) is 34.8. The second kappa shape index (κ2) is 12.9. The Hall–Kier alpha value is -1.28. The van der Waals surface area contributed by atoms with Gasteiger partial charge >= 0.3 is 17.9 Å². The van der Waals surface area contributed by atoms with Gasteiger partial charge in [0.05, 0.1) is 13.0 Å². The summed E-state index contributed by atoms with van der Waals surface area (Å²) in [4.78, 5) is 36.4. The van der Waals surface area contributed by atoms with E-state index in [1.165, 1.54) is 7.11 Å². The lowest BCUT2D eigenvalue weighted by molar-refractivity contribution is -0.160. The van der Waals surface area contributed by atoms with Gasteiger partial charge in [0.1, 0.15) is 39.8 Å². The van der Waals surface area contributed by atoms with Crippen LogP contribution in [0.1, 0.15) is 54.4 Å². The molecular formula is C27H54N2O7Si2. The molecule has 4 atom stereocenters. The third-order valence-electron chi connectivity index (χ3n) is 6.56. The summed E-state index contributed by atoms with van der Waals surface area (Å²) < 4.78 is 20.3. The summed E-state index contributed by atoms with van der Waals surface area (Å²) >= 11 is 0. The molecule has 0 aromatic rings. The predicted molar refractivity (Wildman–Crippen MR) is 155 cm³/mol. The molecule has 2 rings (SSSR count). The summed E-state index contributed by atoms with van der Waals surface area (Å²) in [5, 5.41) is 9.32. The van der Waals surface area contributed by atoms with E-state index in [0.717, 1.165) is 13.0 Å². The minimum absolute atomic E-state index is 0.138. The molecule has 2 fully saturated rings. The number of hydrogen-bond acceptors (Lipinski definition) is 9. The monoisotopic (exact) mass is 574 g/mol. The van der Waals surface area contributed by atoms with Gasteiger partial charge in [0.2, 0.25) is 0 Å². The average Bonchev–Trinajstić information content (AvgIpc) is 3.36. The number of esters is 3. The summed E-state index contributed by atoms with van der Waals surface area (Å²) in [6, 6.07) is -0.502. The second-order valence-electron chi connectivity index (χ2n) is 14.5. The number of rotatable bonds is 6. The summed E-state index contributed by atoms with van der Waals surface area (Å²) in [7, 11) is -1.87. The second-order valence-corrected chi connectivity index (χ2v) is 24.3. The molecule has 222 valence electrons. The highest BCUT2D eigenvalue weighted by Crippen LogP contribution is 2.32. The lowest BCUT2D eigenvalue weighted by Gasteiger charge is -2.35. The SMILES string of the molecule is CC(C)(C)OC(=O)[C@H]1C[C@@H](CO)CN1[Si](C)(C)C.COC(=O)[C@@H]1C[C@H](C(=O)OC(C)(C)C)N([Si](C)(C)C)C1. The van der Waals surface area contributed by atoms with Crippen molar-refractivity contribution < 1.29 is 33.7 Å². The number of methoxy groups -OCH3 is 1. The summed E-state index contributed by atoms with van der Waals surface area (Å²) in [5.74, 6) is -0.634. The fourth-order valence-corrected chi connectivity index (χ4v) is 8.76. The van der Waals surface area contributed by atoms with Crippen LogP contribution < -0.4 is 0 Å². The number of carbonyl (C=O) groups excluding carboxylic acids is 3. The molecule has 2 saturated heterocycles. The Morgan fingerprint density at radius 2 is 1.13 bits per heavy atom. The van der Waals surface area contributed by atoms with E-state index >= 15 is 0 Å². The van der Waals surface area contributed by atoms with Crippen LogP contribution in [0.4, 0.5) is 0 Å². The number of aliphatic hydroxyl groups is 1. The zero-order chi connectivity index (χ0) is 29.9. The van der Waals surface area contributed by atoms with E-state index in [1.807, 2.05) is 41.5 Å². The van der Waals surface area contributed by atoms with Gasteiger partial charge in [0, 0.05) is 13.2 Å². The Balaban J connectivity index is 0.000000382. The number of hydrogen-bond donors (Lipinski definition) is 1. The van der Waals surface area contributed by atoms with Gasteiger partial charge < -0.3 is 28.4 Å². The normalized spacial score (nSPS) is 25.4. The Morgan fingerprint density at radius 1 is 0.737 bits per heavy atom. The molecule has 0 radical (unpaired) electrons. The van der Waals surface area contributed by atoms with Gasteiger partial charge in [-0.25, -0.2) is 0 Å². The molecule has 0 bridgehead atoms. The smallest absolute Gasteiger partial charge is 0.323 e. The number of aliphatic hydroxyl groups excluding tert-OH is 1. The molecule has 2 heterocycles. The Kier molecular flexibility index (Phi) is 11.8. The van der Waals surface area contributed by atoms with Crippen LogP contribution in [0.3, 0.4) is 0 Å². The molecule has 0 amide bonds. The van der Waals surface area contributed by atoms with E-state index < -0.39 is 27.7 Å². The fourth-order valence-electron chi connectivity index (χ4n) is 4.90. The first-order valence-corrected chi connectivity index (χ1v) is 20.6. The van der Waals surface area contributed by atoms with Crippen LogP contribution in [0.2, 0.25) is 39.3 Å². The molecule has 11 heteroatoms. The zero-order valence-corrected chi connectivity index (χ0v) is 28.1. The molecule has 2 aliphatic heterocycles. The van der Waals surface area contributed by atoms with Crippen molar-refractivity contribution in [2.24, 2.45) is 11.8 Å². The lowest BCUT2D eigenvalue weighted by Crippen LogP contribution is -2.52. The highest BCUT2D eigenvalue weighted by molar-refractivity contribution is 6.74. The van der Waals surface area contributed by atoms with Crippen LogP contribution in [-0.4, -0.2) is 98.7 Å². The van der Waals surface area contributed by atoms with Crippen molar-refractivity contribution in [2.45, 2.75) is 117 Å². The standard InChI is InChI=1S/C14H27NO4Si.C13H27NO3Si/c1-14(2,3)19-13(17)11-8-10(12(16)18-4)9-15(11)20(5,6)7;1-13(2,3)17-12(16)11-7-10(9-15)8-14(11)18(4,5)6/h10-11H,8-9H2,1-7H3;10-11,15H,7-9H2,1-6H3/t2*10-,11-/m11/s1. The molecule has 9 nitrogen and oxygen atoms in total. The molecular weight excluding hydrogens is 520 g/mol. The highest BCUT2D eigenvalue weighted by Gasteiger charge is 2.47. The van der Waals surface area contributed by atoms with Crippen molar-refractivity contribution in [3.63, 3.8) is 0 Å². The van der Waals surface area contributed by atoms with Crippen molar-refractivity contribution in [1.29, 1.82) is 0 Å². The van der Waals surface area contributed by atoms with E-state index in [4.69, 9.17) is 14.2 Å². The zero-order valence-electron chi connectivity index (χ0n) is 26.1. The lowest BCUT2D eigenvalue weighted by atomic mass is 10.1. The van der Waals surface area contributed by atoms with Gasteiger partial charge in [0.25, 0.3) is 0 Å². The number of ether oxygens (including phenoxy) is 3. The van der Waals surface area contributed by atoms with E-state index in [0.29, 0.717) is 13.0 Å². The molecule has 1 N–H and O–H groups in total. The Labute approximate surface area is 232 Å². The van der Waals surface area contributed by atoms with E-state index in [-0.39, 0.29) is 48.4 Å². The quantitative estimate of drug-likeness (QED) is 0.287. The highest BCUT2D eigenvalue weighted by atomic mass is 28.3. The van der Waals surface area contributed by atoms with Crippen molar-refractivity contribution in [3.8, 4) is 0 Å². The average molecular weight is 575 g/mol. The number of nitrogens with zero attached hydrogens (tertiary/aromatic N) is 2. The predicted octanol–water partition coefficient (Wildman–Crippen LogP) is 3.87. The summed E-state index contributed by atoms with van der Waals surface area (Å²) in [5.41, 5.74) is -0.953. The minimum atomic E-state index is -1.70. The van der Waals surface area contributed by atoms with Crippen LogP contribution in [0, 0.1) is 11.8 Å². The molecule has 0 aromatic heterocycles. The van der Waals surface area contributed by atoms with Crippen LogP contribution >= 0.6 is 0 Å². The van der Waals surface area contributed by atoms with Crippen LogP contribution in [0.5, 0.6) is 0 Å². The van der Waals surface area contributed by atoms with Crippen molar-refractivity contribution >= 4 is 34.4 Å².